The lowest BCUT2D eigenvalue weighted by Crippen LogP contribution is -2.15. The molecule has 0 aliphatic carbocycles. The molecule has 4 rings (SSSR count). The Hall–Kier alpha value is -3.81. The number of nitrogens with one attached hydrogen (secondary N) is 3. The quantitative estimate of drug-likeness (QED) is 0.605. The number of rotatable bonds is 5. The van der Waals surface area contributed by atoms with Gasteiger partial charge in [-0.1, -0.05) is 0 Å². The number of fused-ring (bicyclic) bond motifs is 1. The molecule has 2 aromatic carbocycles. The van der Waals surface area contributed by atoms with Gasteiger partial charge in [-0.3, -0.25) is 4.79 Å². The van der Waals surface area contributed by atoms with Crippen LogP contribution in [0, 0.1) is 6.92 Å². The van der Waals surface area contributed by atoms with E-state index in [9.17, 15) is 4.79 Å². The van der Waals surface area contributed by atoms with E-state index in [4.69, 9.17) is 9.47 Å². The molecule has 0 saturated carbocycles. The van der Waals surface area contributed by atoms with Crippen LogP contribution in [0.1, 0.15) is 12.7 Å². The zero-order valence-electron chi connectivity index (χ0n) is 16.2. The maximum atomic E-state index is 11.1. The van der Waals surface area contributed by atoms with Gasteiger partial charge >= 0.3 is 0 Å². The molecule has 0 bridgehead atoms. The number of hydrogen-bond acceptors (Lipinski definition) is 7. The predicted molar refractivity (Wildman–Crippen MR) is 112 cm³/mol. The number of aryl methyl sites for hydroxylation is 1. The van der Waals surface area contributed by atoms with Crippen LogP contribution in [0.15, 0.2) is 48.5 Å². The summed E-state index contributed by atoms with van der Waals surface area (Å²) in [5, 5.41) is 9.27. The molecule has 3 aromatic rings. The minimum absolute atomic E-state index is 0.105. The molecule has 0 fully saturated rings. The van der Waals surface area contributed by atoms with E-state index in [1.54, 1.807) is 0 Å². The molecule has 2 heterocycles. The Morgan fingerprint density at radius 1 is 0.828 bits per heavy atom. The molecule has 0 saturated heterocycles. The van der Waals surface area contributed by atoms with Crippen molar-refractivity contribution < 1.29 is 14.3 Å². The van der Waals surface area contributed by atoms with Crippen molar-refractivity contribution in [2.45, 2.75) is 13.8 Å². The van der Waals surface area contributed by atoms with Gasteiger partial charge in [0, 0.05) is 36.1 Å². The Morgan fingerprint density at radius 2 is 1.41 bits per heavy atom. The lowest BCUT2D eigenvalue weighted by molar-refractivity contribution is -0.114. The molecule has 0 atom stereocenters. The Kier molecular flexibility index (Phi) is 5.15. The first-order valence-electron chi connectivity index (χ1n) is 9.22. The van der Waals surface area contributed by atoms with Crippen LogP contribution in [0.5, 0.6) is 11.5 Å². The lowest BCUT2D eigenvalue weighted by atomic mass is 10.2. The average Bonchev–Trinajstić information content (AvgIpc) is 2.68. The van der Waals surface area contributed by atoms with E-state index in [0.717, 1.165) is 22.8 Å². The first-order chi connectivity index (χ1) is 14.0. The van der Waals surface area contributed by atoms with E-state index in [1.165, 1.54) is 6.92 Å². The molecule has 1 amide bonds. The zero-order chi connectivity index (χ0) is 20.2. The van der Waals surface area contributed by atoms with Crippen molar-refractivity contribution in [3.8, 4) is 11.5 Å². The summed E-state index contributed by atoms with van der Waals surface area (Å²) in [6, 6.07) is 14.9. The van der Waals surface area contributed by atoms with Gasteiger partial charge in [0.05, 0.1) is 0 Å². The first kappa shape index (κ1) is 18.5. The monoisotopic (exact) mass is 391 g/mol. The third kappa shape index (κ3) is 4.73. The highest BCUT2D eigenvalue weighted by Gasteiger charge is 2.12. The van der Waals surface area contributed by atoms with Crippen LogP contribution in [0.2, 0.25) is 0 Å². The molecular formula is C21H21N5O3. The summed E-state index contributed by atoms with van der Waals surface area (Å²) in [5.41, 5.74) is 2.43. The second-order valence-electron chi connectivity index (χ2n) is 6.55. The van der Waals surface area contributed by atoms with E-state index >= 15 is 0 Å². The summed E-state index contributed by atoms with van der Waals surface area (Å²) in [5.74, 6) is 3.30. The summed E-state index contributed by atoms with van der Waals surface area (Å²) in [6.07, 6.45) is 0. The number of nitrogens with zero attached hydrogens (tertiary/aromatic N) is 2. The highest BCUT2D eigenvalue weighted by Crippen LogP contribution is 2.33. The van der Waals surface area contributed by atoms with Gasteiger partial charge in [0.2, 0.25) is 5.91 Å². The van der Waals surface area contributed by atoms with Crippen molar-refractivity contribution in [1.82, 2.24) is 9.97 Å². The smallest absolute Gasteiger partial charge is 0.221 e. The van der Waals surface area contributed by atoms with Crippen LogP contribution >= 0.6 is 0 Å². The summed E-state index contributed by atoms with van der Waals surface area (Å²) in [6.45, 7) is 4.41. The molecule has 0 unspecified atom stereocenters. The number of amides is 1. The van der Waals surface area contributed by atoms with Crippen LogP contribution < -0.4 is 25.4 Å². The molecule has 8 nitrogen and oxygen atoms in total. The van der Waals surface area contributed by atoms with E-state index in [-0.39, 0.29) is 5.91 Å². The predicted octanol–water partition coefficient (Wildman–Crippen LogP) is 4.00. The third-order valence-corrected chi connectivity index (χ3v) is 4.13. The topological polar surface area (TPSA) is 97.4 Å². The molecule has 1 aliphatic rings. The van der Waals surface area contributed by atoms with Gasteiger partial charge in [0.25, 0.3) is 0 Å². The molecular weight excluding hydrogens is 370 g/mol. The van der Waals surface area contributed by atoms with Crippen LogP contribution in [-0.2, 0) is 4.79 Å². The number of carbonyl (C=O) groups is 1. The maximum absolute atomic E-state index is 11.1. The molecule has 29 heavy (non-hydrogen) atoms. The van der Waals surface area contributed by atoms with Crippen molar-refractivity contribution in [3.05, 3.63) is 54.4 Å². The zero-order valence-corrected chi connectivity index (χ0v) is 16.2. The van der Waals surface area contributed by atoms with Crippen LogP contribution in [0.25, 0.3) is 0 Å². The molecule has 0 spiro atoms. The highest BCUT2D eigenvalue weighted by atomic mass is 16.6. The molecule has 1 aromatic heterocycles. The largest absolute Gasteiger partial charge is 0.486 e. The maximum Gasteiger partial charge on any atom is 0.221 e. The Labute approximate surface area is 168 Å². The fourth-order valence-corrected chi connectivity index (χ4v) is 2.95. The van der Waals surface area contributed by atoms with Crippen molar-refractivity contribution >= 4 is 34.6 Å². The van der Waals surface area contributed by atoms with E-state index in [1.807, 2.05) is 55.5 Å². The second kappa shape index (κ2) is 8.05. The van der Waals surface area contributed by atoms with Gasteiger partial charge in [-0.15, -0.1) is 0 Å². The Balaban J connectivity index is 1.49. The normalized spacial score (nSPS) is 12.2. The number of aromatic nitrogens is 2. The minimum Gasteiger partial charge on any atom is -0.486 e. The van der Waals surface area contributed by atoms with Crippen molar-refractivity contribution in [2.24, 2.45) is 0 Å². The van der Waals surface area contributed by atoms with Gasteiger partial charge in [-0.25, -0.2) is 9.97 Å². The number of carbonyl (C=O) groups excluding carboxylic acids is 1. The van der Waals surface area contributed by atoms with Gasteiger partial charge in [0.15, 0.2) is 11.5 Å². The molecule has 3 N–H and O–H groups in total. The summed E-state index contributed by atoms with van der Waals surface area (Å²) in [7, 11) is 0. The van der Waals surface area contributed by atoms with Crippen LogP contribution in [0.4, 0.5) is 28.7 Å². The lowest BCUT2D eigenvalue weighted by Gasteiger charge is -2.19. The number of ether oxygens (including phenoxy) is 2. The second-order valence-corrected chi connectivity index (χ2v) is 6.55. The van der Waals surface area contributed by atoms with Crippen molar-refractivity contribution in [2.75, 3.05) is 29.2 Å². The number of anilines is 5. The summed E-state index contributed by atoms with van der Waals surface area (Å²) in [4.78, 5) is 20.0. The Bertz CT molecular complexity index is 1040. The van der Waals surface area contributed by atoms with Crippen molar-refractivity contribution in [3.63, 3.8) is 0 Å². The van der Waals surface area contributed by atoms with Gasteiger partial charge in [-0.05, 0) is 43.3 Å². The molecule has 1 aliphatic heterocycles. The van der Waals surface area contributed by atoms with E-state index in [0.29, 0.717) is 36.4 Å². The molecule has 0 radical (unpaired) electrons. The fourth-order valence-electron chi connectivity index (χ4n) is 2.95. The fraction of sp³-hybridized carbons (Fsp3) is 0.190. The van der Waals surface area contributed by atoms with E-state index < -0.39 is 0 Å². The number of benzene rings is 2. The highest BCUT2D eigenvalue weighted by molar-refractivity contribution is 5.88. The average molecular weight is 391 g/mol. The minimum atomic E-state index is -0.105. The number of hydrogen-bond donors (Lipinski definition) is 3. The Morgan fingerprint density at radius 3 is 2.10 bits per heavy atom. The van der Waals surface area contributed by atoms with E-state index in [2.05, 4.69) is 25.9 Å². The SMILES string of the molecule is CC(=O)Nc1ccc(Nc2cc(Nc3ccc4c(c3)OCCO4)nc(C)n2)cc1. The van der Waals surface area contributed by atoms with Gasteiger partial charge in [0.1, 0.15) is 30.7 Å². The molecule has 8 heteroatoms. The third-order valence-electron chi connectivity index (χ3n) is 4.13. The summed E-state index contributed by atoms with van der Waals surface area (Å²) >= 11 is 0. The molecule has 148 valence electrons. The van der Waals surface area contributed by atoms with Crippen LogP contribution in [0.3, 0.4) is 0 Å². The van der Waals surface area contributed by atoms with Crippen molar-refractivity contribution in [1.29, 1.82) is 0 Å². The standard InChI is InChI=1S/C21H21N5O3/c1-13-22-20(25-16-5-3-15(4-6-16)24-14(2)27)12-21(23-13)26-17-7-8-18-19(11-17)29-10-9-28-18/h3-8,11-12H,9-10H2,1-2H3,(H,24,27)(H2,22,23,25,26). The van der Waals surface area contributed by atoms with Crippen LogP contribution in [-0.4, -0.2) is 29.1 Å². The van der Waals surface area contributed by atoms with Gasteiger partial charge < -0.3 is 25.4 Å². The van der Waals surface area contributed by atoms with Gasteiger partial charge in [-0.2, -0.15) is 0 Å². The summed E-state index contributed by atoms with van der Waals surface area (Å²) < 4.78 is 11.2. The first-order valence-corrected chi connectivity index (χ1v) is 9.22.